The minimum atomic E-state index is 0.491. The van der Waals surface area contributed by atoms with E-state index in [0.717, 1.165) is 11.1 Å². The summed E-state index contributed by atoms with van der Waals surface area (Å²) in [5, 5.41) is 19.8. The highest BCUT2D eigenvalue weighted by atomic mass is 16.5. The molecule has 0 aromatic carbocycles. The van der Waals surface area contributed by atoms with Crippen molar-refractivity contribution < 1.29 is 4.74 Å². The fraction of sp³-hybridized carbons (Fsp3) is 0.0833. The fourth-order valence-electron chi connectivity index (χ4n) is 1.89. The summed E-state index contributed by atoms with van der Waals surface area (Å²) < 4.78 is 6.96. The van der Waals surface area contributed by atoms with Crippen LogP contribution in [0.4, 0.5) is 0 Å². The minimum absolute atomic E-state index is 0.491. The van der Waals surface area contributed by atoms with Gasteiger partial charge in [0.1, 0.15) is 22.9 Å². The fourth-order valence-corrected chi connectivity index (χ4v) is 1.89. The summed E-state index contributed by atoms with van der Waals surface area (Å²) in [6, 6.07) is 3.96. The second kappa shape index (κ2) is 3.89. The SMILES string of the molecule is COc1cc(-c2cn[nH]c2)cn2ncc(C#N)c12. The van der Waals surface area contributed by atoms with Gasteiger partial charge < -0.3 is 4.74 Å². The Morgan fingerprint density at radius 2 is 2.28 bits per heavy atom. The van der Waals surface area contributed by atoms with Crippen LogP contribution < -0.4 is 4.74 Å². The number of nitrogens with zero attached hydrogens (tertiary/aromatic N) is 4. The van der Waals surface area contributed by atoms with Gasteiger partial charge in [0.2, 0.25) is 0 Å². The summed E-state index contributed by atoms with van der Waals surface area (Å²) >= 11 is 0. The average molecular weight is 239 g/mol. The molecule has 0 saturated carbocycles. The molecule has 3 heterocycles. The van der Waals surface area contributed by atoms with Gasteiger partial charge in [-0.25, -0.2) is 4.52 Å². The van der Waals surface area contributed by atoms with Crippen molar-refractivity contribution in [3.63, 3.8) is 0 Å². The van der Waals surface area contributed by atoms with Gasteiger partial charge in [-0.2, -0.15) is 15.5 Å². The molecule has 0 aliphatic rings. The molecule has 3 aromatic rings. The van der Waals surface area contributed by atoms with E-state index < -0.39 is 0 Å². The van der Waals surface area contributed by atoms with E-state index in [0.29, 0.717) is 16.8 Å². The lowest BCUT2D eigenvalue weighted by molar-refractivity contribution is 0.417. The van der Waals surface area contributed by atoms with Crippen LogP contribution in [0.15, 0.2) is 30.9 Å². The largest absolute Gasteiger partial charge is 0.494 e. The number of methoxy groups -OCH3 is 1. The standard InChI is InChI=1S/C12H9N5O/c1-18-11-2-8(10-4-14-15-5-10)7-17-12(11)9(3-13)6-16-17/h2,4-7H,1H3,(H,14,15). The number of nitriles is 1. The number of rotatable bonds is 2. The van der Waals surface area contributed by atoms with Gasteiger partial charge in [0, 0.05) is 23.5 Å². The van der Waals surface area contributed by atoms with Gasteiger partial charge in [0.05, 0.1) is 19.5 Å². The molecule has 0 atom stereocenters. The number of hydrogen-bond acceptors (Lipinski definition) is 4. The topological polar surface area (TPSA) is 79.0 Å². The molecule has 6 heteroatoms. The quantitative estimate of drug-likeness (QED) is 0.736. The molecule has 0 fully saturated rings. The van der Waals surface area contributed by atoms with E-state index in [1.807, 2.05) is 12.3 Å². The van der Waals surface area contributed by atoms with E-state index in [1.165, 1.54) is 6.20 Å². The van der Waals surface area contributed by atoms with Gasteiger partial charge in [-0.3, -0.25) is 5.10 Å². The van der Waals surface area contributed by atoms with E-state index >= 15 is 0 Å². The Morgan fingerprint density at radius 1 is 1.39 bits per heavy atom. The Morgan fingerprint density at radius 3 is 2.94 bits per heavy atom. The van der Waals surface area contributed by atoms with E-state index in [9.17, 15) is 0 Å². The zero-order chi connectivity index (χ0) is 12.5. The molecule has 18 heavy (non-hydrogen) atoms. The molecule has 3 rings (SSSR count). The normalized spacial score (nSPS) is 10.4. The lowest BCUT2D eigenvalue weighted by atomic mass is 10.1. The van der Waals surface area contributed by atoms with Crippen LogP contribution in [0.25, 0.3) is 16.6 Å². The molecular formula is C12H9N5O. The first kappa shape index (κ1) is 10.4. The Hall–Kier alpha value is -2.81. The highest BCUT2D eigenvalue weighted by Gasteiger charge is 2.12. The van der Waals surface area contributed by atoms with Crippen LogP contribution in [0.1, 0.15) is 5.56 Å². The van der Waals surface area contributed by atoms with Crippen molar-refractivity contribution in [3.05, 3.63) is 36.4 Å². The summed E-state index contributed by atoms with van der Waals surface area (Å²) in [5.74, 6) is 0.614. The van der Waals surface area contributed by atoms with Gasteiger partial charge in [-0.15, -0.1) is 0 Å². The molecule has 6 nitrogen and oxygen atoms in total. The van der Waals surface area contributed by atoms with Crippen molar-refractivity contribution >= 4 is 5.52 Å². The monoisotopic (exact) mass is 239 g/mol. The van der Waals surface area contributed by atoms with Crippen LogP contribution in [0, 0.1) is 11.3 Å². The maximum atomic E-state index is 9.02. The highest BCUT2D eigenvalue weighted by molar-refractivity contribution is 5.74. The molecule has 0 spiro atoms. The second-order valence-electron chi connectivity index (χ2n) is 3.75. The number of fused-ring (bicyclic) bond motifs is 1. The first-order valence-corrected chi connectivity index (χ1v) is 5.28. The maximum absolute atomic E-state index is 9.02. The Balaban J connectivity index is 2.30. The first-order valence-electron chi connectivity index (χ1n) is 5.28. The lowest BCUT2D eigenvalue weighted by Gasteiger charge is -2.06. The van der Waals surface area contributed by atoms with Crippen LogP contribution in [-0.4, -0.2) is 26.9 Å². The number of hydrogen-bond donors (Lipinski definition) is 1. The molecular weight excluding hydrogens is 230 g/mol. The summed E-state index contributed by atoms with van der Waals surface area (Å²) in [5.41, 5.74) is 3.02. The lowest BCUT2D eigenvalue weighted by Crippen LogP contribution is -1.93. The number of nitrogens with one attached hydrogen (secondary N) is 1. The van der Waals surface area contributed by atoms with Crippen LogP contribution in [0.3, 0.4) is 0 Å². The van der Waals surface area contributed by atoms with Crippen LogP contribution in [-0.2, 0) is 0 Å². The van der Waals surface area contributed by atoms with E-state index in [-0.39, 0.29) is 0 Å². The van der Waals surface area contributed by atoms with E-state index in [4.69, 9.17) is 10.00 Å². The average Bonchev–Trinajstić information content (AvgIpc) is 3.06. The van der Waals surface area contributed by atoms with Gasteiger partial charge in [0.15, 0.2) is 0 Å². The predicted octanol–water partition coefficient (Wildman–Crippen LogP) is 1.60. The van der Waals surface area contributed by atoms with E-state index in [2.05, 4.69) is 21.4 Å². The molecule has 88 valence electrons. The number of aromatic amines is 1. The molecule has 0 bridgehead atoms. The van der Waals surface area contributed by atoms with Crippen molar-refractivity contribution in [2.24, 2.45) is 0 Å². The third kappa shape index (κ3) is 1.42. The van der Waals surface area contributed by atoms with Gasteiger partial charge in [-0.05, 0) is 6.07 Å². The molecule has 0 saturated heterocycles. The Labute approximate surface area is 102 Å². The third-order valence-electron chi connectivity index (χ3n) is 2.75. The highest BCUT2D eigenvalue weighted by Crippen LogP contribution is 2.28. The Bertz CT molecular complexity index is 736. The zero-order valence-electron chi connectivity index (χ0n) is 9.58. The molecule has 0 aliphatic heterocycles. The van der Waals surface area contributed by atoms with Gasteiger partial charge >= 0.3 is 0 Å². The summed E-state index contributed by atoms with van der Waals surface area (Å²) in [7, 11) is 1.57. The molecule has 3 aromatic heterocycles. The summed E-state index contributed by atoms with van der Waals surface area (Å²) in [4.78, 5) is 0. The third-order valence-corrected chi connectivity index (χ3v) is 2.75. The number of H-pyrrole nitrogens is 1. The molecule has 1 N–H and O–H groups in total. The second-order valence-corrected chi connectivity index (χ2v) is 3.75. The van der Waals surface area contributed by atoms with Gasteiger partial charge in [0.25, 0.3) is 0 Å². The van der Waals surface area contributed by atoms with Crippen molar-refractivity contribution in [1.82, 2.24) is 19.8 Å². The zero-order valence-corrected chi connectivity index (χ0v) is 9.58. The molecule has 0 aliphatic carbocycles. The Kier molecular flexibility index (Phi) is 2.24. The summed E-state index contributed by atoms with van der Waals surface area (Å²) in [6.07, 6.45) is 6.87. The maximum Gasteiger partial charge on any atom is 0.146 e. The van der Waals surface area contributed by atoms with Gasteiger partial charge in [-0.1, -0.05) is 0 Å². The molecule has 0 radical (unpaired) electrons. The molecule has 0 amide bonds. The van der Waals surface area contributed by atoms with Crippen LogP contribution >= 0.6 is 0 Å². The van der Waals surface area contributed by atoms with Crippen molar-refractivity contribution in [2.45, 2.75) is 0 Å². The van der Waals surface area contributed by atoms with E-state index in [1.54, 1.807) is 24.0 Å². The van der Waals surface area contributed by atoms with Crippen molar-refractivity contribution in [1.29, 1.82) is 5.26 Å². The van der Waals surface area contributed by atoms with Crippen molar-refractivity contribution in [3.8, 4) is 22.9 Å². The van der Waals surface area contributed by atoms with Crippen LogP contribution in [0.5, 0.6) is 5.75 Å². The van der Waals surface area contributed by atoms with Crippen molar-refractivity contribution in [2.75, 3.05) is 7.11 Å². The smallest absolute Gasteiger partial charge is 0.146 e. The minimum Gasteiger partial charge on any atom is -0.494 e. The number of ether oxygens (including phenoxy) is 1. The number of aromatic nitrogens is 4. The first-order chi connectivity index (χ1) is 8.83. The predicted molar refractivity (Wildman–Crippen MR) is 64.0 cm³/mol. The molecule has 0 unspecified atom stereocenters. The number of pyridine rings is 1. The summed E-state index contributed by atoms with van der Waals surface area (Å²) in [6.45, 7) is 0. The van der Waals surface area contributed by atoms with Crippen LogP contribution in [0.2, 0.25) is 0 Å².